The van der Waals surface area contributed by atoms with Gasteiger partial charge in [0.15, 0.2) is 6.61 Å². The molecule has 1 aliphatic rings. The Bertz CT molecular complexity index is 1260. The van der Waals surface area contributed by atoms with Crippen molar-refractivity contribution in [3.63, 3.8) is 0 Å². The third-order valence-electron chi connectivity index (χ3n) is 5.05. The number of anilines is 1. The molecule has 0 saturated carbocycles. The van der Waals surface area contributed by atoms with Crippen LogP contribution in [0.2, 0.25) is 0 Å². The Morgan fingerprint density at radius 2 is 1.73 bits per heavy atom. The number of fused-ring (bicyclic) bond motifs is 1. The zero-order valence-corrected chi connectivity index (χ0v) is 19.3. The minimum atomic E-state index is -3.83. The van der Waals surface area contributed by atoms with Crippen molar-refractivity contribution in [3.8, 4) is 0 Å². The second-order valence-corrected chi connectivity index (χ2v) is 10.2. The van der Waals surface area contributed by atoms with E-state index in [2.05, 4.69) is 4.72 Å². The molecule has 0 unspecified atom stereocenters. The first kappa shape index (κ1) is 23.0. The van der Waals surface area contributed by atoms with Crippen LogP contribution in [0.5, 0.6) is 0 Å². The molecular formula is C24H22N2O5S2. The van der Waals surface area contributed by atoms with E-state index in [1.54, 1.807) is 16.7 Å². The summed E-state index contributed by atoms with van der Waals surface area (Å²) < 4.78 is 33.0. The van der Waals surface area contributed by atoms with Crippen LogP contribution in [0.25, 0.3) is 0 Å². The van der Waals surface area contributed by atoms with Gasteiger partial charge < -0.3 is 9.64 Å². The van der Waals surface area contributed by atoms with Crippen molar-refractivity contribution in [2.75, 3.05) is 23.8 Å². The first-order valence-electron chi connectivity index (χ1n) is 10.3. The fourth-order valence-electron chi connectivity index (χ4n) is 3.36. The molecule has 0 radical (unpaired) electrons. The van der Waals surface area contributed by atoms with Crippen molar-refractivity contribution in [2.45, 2.75) is 16.3 Å². The van der Waals surface area contributed by atoms with Crippen molar-refractivity contribution in [3.05, 3.63) is 90.0 Å². The summed E-state index contributed by atoms with van der Waals surface area (Å²) in [4.78, 5) is 27.8. The van der Waals surface area contributed by atoms with Crippen LogP contribution in [0.1, 0.15) is 15.9 Å². The highest BCUT2D eigenvalue weighted by Gasteiger charge is 2.24. The van der Waals surface area contributed by atoms with Gasteiger partial charge in [0.2, 0.25) is 10.0 Å². The van der Waals surface area contributed by atoms with Crippen molar-refractivity contribution in [1.29, 1.82) is 0 Å². The van der Waals surface area contributed by atoms with Crippen LogP contribution in [0, 0.1) is 0 Å². The van der Waals surface area contributed by atoms with Gasteiger partial charge in [-0.3, -0.25) is 4.79 Å². The van der Waals surface area contributed by atoms with E-state index in [-0.39, 0.29) is 22.9 Å². The van der Waals surface area contributed by atoms with Gasteiger partial charge in [-0.25, -0.2) is 17.9 Å². The Labute approximate surface area is 196 Å². The lowest BCUT2D eigenvalue weighted by molar-refractivity contribution is -0.121. The van der Waals surface area contributed by atoms with E-state index in [9.17, 15) is 18.0 Å². The number of nitrogens with zero attached hydrogens (tertiary/aromatic N) is 1. The lowest BCUT2D eigenvalue weighted by Crippen LogP contribution is -2.38. The lowest BCUT2D eigenvalue weighted by Gasteiger charge is -2.28. The van der Waals surface area contributed by atoms with E-state index in [1.165, 1.54) is 24.3 Å². The highest BCUT2D eigenvalue weighted by molar-refractivity contribution is 7.99. The number of carbonyl (C=O) groups is 2. The molecular weight excluding hydrogens is 460 g/mol. The van der Waals surface area contributed by atoms with Gasteiger partial charge in [0.05, 0.1) is 16.1 Å². The van der Waals surface area contributed by atoms with Gasteiger partial charge in [-0.05, 0) is 35.9 Å². The van der Waals surface area contributed by atoms with E-state index >= 15 is 0 Å². The number of amides is 1. The average Bonchev–Trinajstić information content (AvgIpc) is 2.86. The normalized spacial score (nSPS) is 13.3. The first-order chi connectivity index (χ1) is 15.9. The van der Waals surface area contributed by atoms with Gasteiger partial charge in [-0.2, -0.15) is 0 Å². The van der Waals surface area contributed by atoms with Gasteiger partial charge in [-0.1, -0.05) is 48.5 Å². The molecule has 0 saturated heterocycles. The standard InChI is InChI=1S/C24H22N2O5S2/c27-23(26-13-14-32-22-12-5-4-11-21(22)26)17-31-24(28)19-9-6-10-20(15-19)33(29,30)25-16-18-7-2-1-3-8-18/h1-12,15,25H,13-14,16-17H2. The molecule has 7 nitrogen and oxygen atoms in total. The molecule has 3 aromatic carbocycles. The highest BCUT2D eigenvalue weighted by Crippen LogP contribution is 2.34. The molecule has 1 N–H and O–H groups in total. The summed E-state index contributed by atoms with van der Waals surface area (Å²) in [5.74, 6) is -0.334. The summed E-state index contributed by atoms with van der Waals surface area (Å²) in [6.45, 7) is 0.224. The van der Waals surface area contributed by atoms with Gasteiger partial charge in [-0.15, -0.1) is 11.8 Å². The molecule has 0 bridgehead atoms. The maximum absolute atomic E-state index is 12.7. The van der Waals surface area contributed by atoms with E-state index in [1.807, 2.05) is 54.6 Å². The highest BCUT2D eigenvalue weighted by atomic mass is 32.2. The SMILES string of the molecule is O=C(OCC(=O)N1CCSc2ccccc21)c1cccc(S(=O)(=O)NCc2ccccc2)c1. The Morgan fingerprint density at radius 1 is 0.970 bits per heavy atom. The number of esters is 1. The fourth-order valence-corrected chi connectivity index (χ4v) is 5.42. The van der Waals surface area contributed by atoms with Crippen molar-refractivity contribution in [2.24, 2.45) is 0 Å². The van der Waals surface area contributed by atoms with Crippen LogP contribution in [-0.2, 0) is 26.1 Å². The van der Waals surface area contributed by atoms with Crippen molar-refractivity contribution >= 4 is 39.3 Å². The van der Waals surface area contributed by atoms with E-state index in [4.69, 9.17) is 4.74 Å². The lowest BCUT2D eigenvalue weighted by atomic mass is 10.2. The Hall–Kier alpha value is -3.14. The van der Waals surface area contributed by atoms with Crippen molar-refractivity contribution < 1.29 is 22.7 Å². The number of nitrogens with one attached hydrogen (secondary N) is 1. The van der Waals surface area contributed by atoms with Crippen LogP contribution in [0.4, 0.5) is 5.69 Å². The van der Waals surface area contributed by atoms with E-state index in [0.717, 1.165) is 21.9 Å². The molecule has 0 fully saturated rings. The van der Waals surface area contributed by atoms with Gasteiger partial charge in [0.25, 0.3) is 5.91 Å². The van der Waals surface area contributed by atoms with Crippen LogP contribution in [0.3, 0.4) is 0 Å². The number of thioether (sulfide) groups is 1. The third-order valence-corrected chi connectivity index (χ3v) is 7.49. The number of hydrogen-bond donors (Lipinski definition) is 1. The van der Waals surface area contributed by atoms with Crippen LogP contribution < -0.4 is 9.62 Å². The number of para-hydroxylation sites is 1. The van der Waals surface area contributed by atoms with Crippen LogP contribution in [-0.4, -0.2) is 39.2 Å². The quantitative estimate of drug-likeness (QED) is 0.519. The summed E-state index contributed by atoms with van der Waals surface area (Å²) in [6, 6.07) is 22.3. The molecule has 9 heteroatoms. The third kappa shape index (κ3) is 5.62. The number of ether oxygens (including phenoxy) is 1. The largest absolute Gasteiger partial charge is 0.452 e. The monoisotopic (exact) mass is 482 g/mol. The van der Waals surface area contributed by atoms with Gasteiger partial charge >= 0.3 is 5.97 Å². The predicted molar refractivity (Wildman–Crippen MR) is 127 cm³/mol. The fraction of sp³-hybridized carbons (Fsp3) is 0.167. The molecule has 1 heterocycles. The Kier molecular flexibility index (Phi) is 7.12. The van der Waals surface area contributed by atoms with E-state index in [0.29, 0.717) is 6.54 Å². The van der Waals surface area contributed by atoms with Gasteiger partial charge in [0.1, 0.15) is 0 Å². The molecule has 0 aliphatic carbocycles. The summed E-state index contributed by atoms with van der Waals surface area (Å²) >= 11 is 1.67. The molecule has 33 heavy (non-hydrogen) atoms. The number of sulfonamides is 1. The van der Waals surface area contributed by atoms with Crippen LogP contribution in [0.15, 0.2) is 88.7 Å². The van der Waals surface area contributed by atoms with Crippen molar-refractivity contribution in [1.82, 2.24) is 4.72 Å². The summed E-state index contributed by atoms with van der Waals surface area (Å²) in [7, 11) is -3.83. The zero-order valence-electron chi connectivity index (χ0n) is 17.6. The molecule has 0 atom stereocenters. The first-order valence-corrected chi connectivity index (χ1v) is 12.7. The summed E-state index contributed by atoms with van der Waals surface area (Å²) in [5, 5.41) is 0. The minimum Gasteiger partial charge on any atom is -0.452 e. The minimum absolute atomic E-state index is 0.0545. The number of carbonyl (C=O) groups excluding carboxylic acids is 2. The number of rotatable bonds is 7. The average molecular weight is 483 g/mol. The molecule has 1 amide bonds. The molecule has 1 aliphatic heterocycles. The summed E-state index contributed by atoms with van der Waals surface area (Å²) in [5.41, 5.74) is 1.67. The Balaban J connectivity index is 1.39. The number of benzene rings is 3. The maximum atomic E-state index is 12.7. The Morgan fingerprint density at radius 3 is 2.55 bits per heavy atom. The zero-order chi connectivity index (χ0) is 23.3. The molecule has 3 aromatic rings. The topological polar surface area (TPSA) is 92.8 Å². The smallest absolute Gasteiger partial charge is 0.338 e. The molecule has 4 rings (SSSR count). The molecule has 0 spiro atoms. The van der Waals surface area contributed by atoms with E-state index < -0.39 is 22.6 Å². The van der Waals surface area contributed by atoms with Crippen LogP contribution >= 0.6 is 11.8 Å². The maximum Gasteiger partial charge on any atom is 0.338 e. The second-order valence-electron chi connectivity index (χ2n) is 7.28. The molecule has 170 valence electrons. The second kappa shape index (κ2) is 10.2. The number of hydrogen-bond acceptors (Lipinski definition) is 6. The predicted octanol–water partition coefficient (Wildman–Crippen LogP) is 3.46. The summed E-state index contributed by atoms with van der Waals surface area (Å²) in [6.07, 6.45) is 0. The van der Waals surface area contributed by atoms with Gasteiger partial charge in [0, 0.05) is 23.7 Å². The molecule has 0 aromatic heterocycles.